The van der Waals surface area contributed by atoms with Gasteiger partial charge in [0.15, 0.2) is 0 Å². The molecule has 2 rings (SSSR count). The van der Waals surface area contributed by atoms with Gasteiger partial charge in [-0.2, -0.15) is 0 Å². The fourth-order valence-electron chi connectivity index (χ4n) is 2.47. The molecule has 1 aliphatic heterocycles. The Morgan fingerprint density at radius 2 is 1.75 bits per heavy atom. The lowest BCUT2D eigenvalue weighted by atomic mass is 10.0. The first kappa shape index (κ1) is 11.9. The van der Waals surface area contributed by atoms with Crippen LogP contribution in [-0.2, 0) is 0 Å². The summed E-state index contributed by atoms with van der Waals surface area (Å²) in [5.41, 5.74) is 1.15. The summed E-state index contributed by atoms with van der Waals surface area (Å²) < 4.78 is 0. The molecule has 1 N–H and O–H groups in total. The van der Waals surface area contributed by atoms with Crippen molar-refractivity contribution in [2.75, 3.05) is 13.1 Å². The topological polar surface area (TPSA) is 23.5 Å². The molecule has 0 saturated carbocycles. The Hall–Kier alpha value is -0.570. The van der Waals surface area contributed by atoms with Crippen molar-refractivity contribution in [3.63, 3.8) is 0 Å². The maximum atomic E-state index is 9.92. The zero-order valence-electron chi connectivity index (χ0n) is 9.56. The van der Waals surface area contributed by atoms with E-state index in [0.717, 1.165) is 23.7 Å². The predicted molar refractivity (Wildman–Crippen MR) is 66.7 cm³/mol. The van der Waals surface area contributed by atoms with Crippen LogP contribution in [-0.4, -0.2) is 29.2 Å². The summed E-state index contributed by atoms with van der Waals surface area (Å²) in [4.78, 5) is 2.36. The number of halogens is 1. The minimum absolute atomic E-state index is 0.111. The van der Waals surface area contributed by atoms with Crippen molar-refractivity contribution in [3.05, 3.63) is 34.9 Å². The van der Waals surface area contributed by atoms with Crippen LogP contribution in [0.15, 0.2) is 24.3 Å². The van der Waals surface area contributed by atoms with Crippen LogP contribution in [0.3, 0.4) is 0 Å². The Labute approximate surface area is 102 Å². The number of aliphatic hydroxyl groups excluding tert-OH is 1. The maximum absolute atomic E-state index is 9.92. The summed E-state index contributed by atoms with van der Waals surface area (Å²) in [6.45, 7) is 4.02. The van der Waals surface area contributed by atoms with Gasteiger partial charge in [-0.3, -0.25) is 4.90 Å². The third-order valence-corrected chi connectivity index (χ3v) is 3.45. The normalized spacial score (nSPS) is 20.9. The summed E-state index contributed by atoms with van der Waals surface area (Å²) in [7, 11) is 0. The van der Waals surface area contributed by atoms with Gasteiger partial charge in [-0.1, -0.05) is 23.7 Å². The third-order valence-electron chi connectivity index (χ3n) is 3.20. The van der Waals surface area contributed by atoms with Crippen molar-refractivity contribution in [1.29, 1.82) is 0 Å². The van der Waals surface area contributed by atoms with Gasteiger partial charge in [0.05, 0.1) is 12.1 Å². The number of aliphatic hydroxyl groups is 1. The molecule has 2 atom stereocenters. The van der Waals surface area contributed by atoms with Crippen LogP contribution in [0.2, 0.25) is 5.02 Å². The minimum atomic E-state index is -0.348. The van der Waals surface area contributed by atoms with Crippen molar-refractivity contribution in [1.82, 2.24) is 4.90 Å². The molecule has 0 radical (unpaired) electrons. The fraction of sp³-hybridized carbons (Fsp3) is 0.538. The Morgan fingerprint density at radius 1 is 1.19 bits per heavy atom. The standard InChI is InChI=1S/C13H18ClNO/c1-10(16)13(15-8-2-3-9-15)11-4-6-12(14)7-5-11/h4-7,10,13,16H,2-3,8-9H2,1H3/t10-,13-/m0/s1. The van der Waals surface area contributed by atoms with Crippen molar-refractivity contribution < 1.29 is 5.11 Å². The van der Waals surface area contributed by atoms with Gasteiger partial charge in [-0.15, -0.1) is 0 Å². The van der Waals surface area contributed by atoms with E-state index in [1.54, 1.807) is 0 Å². The number of nitrogens with zero attached hydrogens (tertiary/aromatic N) is 1. The molecule has 2 nitrogen and oxygen atoms in total. The van der Waals surface area contributed by atoms with Gasteiger partial charge in [0.2, 0.25) is 0 Å². The molecule has 1 aromatic carbocycles. The van der Waals surface area contributed by atoms with E-state index in [1.807, 2.05) is 31.2 Å². The van der Waals surface area contributed by atoms with Gasteiger partial charge < -0.3 is 5.11 Å². The number of rotatable bonds is 3. The summed E-state index contributed by atoms with van der Waals surface area (Å²) in [5, 5.41) is 10.7. The highest BCUT2D eigenvalue weighted by Crippen LogP contribution is 2.28. The zero-order chi connectivity index (χ0) is 11.5. The SMILES string of the molecule is C[C@H](O)[C@@H](c1ccc(Cl)cc1)N1CCCC1. The molecule has 1 aliphatic rings. The van der Waals surface area contributed by atoms with E-state index < -0.39 is 0 Å². The van der Waals surface area contributed by atoms with E-state index in [2.05, 4.69) is 4.90 Å². The first-order chi connectivity index (χ1) is 7.68. The second-order valence-electron chi connectivity index (χ2n) is 4.48. The van der Waals surface area contributed by atoms with E-state index in [0.29, 0.717) is 0 Å². The molecule has 0 unspecified atom stereocenters. The smallest absolute Gasteiger partial charge is 0.0708 e. The highest BCUT2D eigenvalue weighted by molar-refractivity contribution is 6.30. The molecule has 0 bridgehead atoms. The van der Waals surface area contributed by atoms with Crippen LogP contribution in [0.5, 0.6) is 0 Å². The number of hydrogen-bond donors (Lipinski definition) is 1. The number of likely N-dealkylation sites (tertiary alicyclic amines) is 1. The van der Waals surface area contributed by atoms with Gasteiger partial charge in [0.1, 0.15) is 0 Å². The van der Waals surface area contributed by atoms with Gasteiger partial charge in [0, 0.05) is 5.02 Å². The van der Waals surface area contributed by atoms with Crippen molar-refractivity contribution in [2.24, 2.45) is 0 Å². The highest BCUT2D eigenvalue weighted by atomic mass is 35.5. The molecule has 0 aliphatic carbocycles. The Bertz CT molecular complexity index is 330. The van der Waals surface area contributed by atoms with E-state index in [4.69, 9.17) is 11.6 Å². The molecule has 1 fully saturated rings. The Balaban J connectivity index is 2.21. The van der Waals surface area contributed by atoms with E-state index in [1.165, 1.54) is 12.8 Å². The minimum Gasteiger partial charge on any atom is -0.391 e. The quantitative estimate of drug-likeness (QED) is 0.877. The average molecular weight is 240 g/mol. The van der Waals surface area contributed by atoms with Gasteiger partial charge >= 0.3 is 0 Å². The van der Waals surface area contributed by atoms with E-state index in [-0.39, 0.29) is 12.1 Å². The first-order valence-corrected chi connectivity index (χ1v) is 6.24. The van der Waals surface area contributed by atoms with E-state index in [9.17, 15) is 5.11 Å². The molecule has 1 aromatic rings. The van der Waals surface area contributed by atoms with Crippen molar-refractivity contribution >= 4 is 11.6 Å². The van der Waals surface area contributed by atoms with Crippen molar-refractivity contribution in [3.8, 4) is 0 Å². The van der Waals surface area contributed by atoms with Crippen molar-refractivity contribution in [2.45, 2.75) is 31.9 Å². The number of hydrogen-bond acceptors (Lipinski definition) is 2. The van der Waals surface area contributed by atoms with Crippen LogP contribution in [0, 0.1) is 0 Å². The van der Waals surface area contributed by atoms with Crippen LogP contribution >= 0.6 is 11.6 Å². The Morgan fingerprint density at radius 3 is 2.25 bits per heavy atom. The summed E-state index contributed by atoms with van der Waals surface area (Å²) in [6, 6.07) is 7.92. The number of benzene rings is 1. The summed E-state index contributed by atoms with van der Waals surface area (Å²) in [6.07, 6.45) is 2.12. The predicted octanol–water partition coefficient (Wildman–Crippen LogP) is 2.86. The van der Waals surface area contributed by atoms with Gasteiger partial charge in [0.25, 0.3) is 0 Å². The lowest BCUT2D eigenvalue weighted by Crippen LogP contribution is -2.33. The molecule has 88 valence electrons. The molecule has 1 saturated heterocycles. The van der Waals surface area contributed by atoms with Crippen LogP contribution < -0.4 is 0 Å². The van der Waals surface area contributed by atoms with Gasteiger partial charge in [-0.05, 0) is 50.6 Å². The van der Waals surface area contributed by atoms with Crippen LogP contribution in [0.1, 0.15) is 31.4 Å². The molecule has 0 spiro atoms. The lowest BCUT2D eigenvalue weighted by molar-refractivity contribution is 0.0749. The molecular formula is C13H18ClNO. The summed E-state index contributed by atoms with van der Waals surface area (Å²) >= 11 is 5.88. The molecular weight excluding hydrogens is 222 g/mol. The fourth-order valence-corrected chi connectivity index (χ4v) is 2.60. The molecule has 16 heavy (non-hydrogen) atoms. The second kappa shape index (κ2) is 5.17. The largest absolute Gasteiger partial charge is 0.391 e. The second-order valence-corrected chi connectivity index (χ2v) is 4.92. The molecule has 3 heteroatoms. The molecule has 1 heterocycles. The lowest BCUT2D eigenvalue weighted by Gasteiger charge is -2.30. The van der Waals surface area contributed by atoms with Crippen LogP contribution in [0.4, 0.5) is 0 Å². The monoisotopic (exact) mass is 239 g/mol. The first-order valence-electron chi connectivity index (χ1n) is 5.86. The van der Waals surface area contributed by atoms with Gasteiger partial charge in [-0.25, -0.2) is 0 Å². The average Bonchev–Trinajstić information content (AvgIpc) is 2.74. The third kappa shape index (κ3) is 2.57. The van der Waals surface area contributed by atoms with E-state index >= 15 is 0 Å². The Kier molecular flexibility index (Phi) is 3.85. The zero-order valence-corrected chi connectivity index (χ0v) is 10.3. The molecule has 0 aromatic heterocycles. The van der Waals surface area contributed by atoms with Crippen LogP contribution in [0.25, 0.3) is 0 Å². The maximum Gasteiger partial charge on any atom is 0.0708 e. The summed E-state index contributed by atoms with van der Waals surface area (Å²) in [5.74, 6) is 0. The highest BCUT2D eigenvalue weighted by Gasteiger charge is 2.26. The molecule has 0 amide bonds.